The molecule has 1 heterocycles. The number of fused-ring (bicyclic) bond motifs is 1. The number of aliphatic hydroxyl groups is 1. The number of hydrogen-bond acceptors (Lipinski definition) is 5. The van der Waals surface area contributed by atoms with Crippen molar-refractivity contribution < 1.29 is 19.7 Å². The van der Waals surface area contributed by atoms with Crippen molar-refractivity contribution in [1.82, 2.24) is 10.9 Å². The quantitative estimate of drug-likeness (QED) is 0.598. The van der Waals surface area contributed by atoms with E-state index in [1.54, 1.807) is 7.11 Å². The Labute approximate surface area is 157 Å². The maximum absolute atomic E-state index is 11.5. The lowest BCUT2D eigenvalue weighted by atomic mass is 9.71. The van der Waals surface area contributed by atoms with E-state index in [1.165, 1.54) is 0 Å². The summed E-state index contributed by atoms with van der Waals surface area (Å²) in [6.45, 7) is 0. The van der Waals surface area contributed by atoms with E-state index in [4.69, 9.17) is 16.3 Å². The minimum absolute atomic E-state index is 0.00557. The summed E-state index contributed by atoms with van der Waals surface area (Å²) in [6, 6.07) is 5.41. The number of nitrogens with one attached hydrogen (secondary N) is 2. The normalized spacial score (nSPS) is 35.4. The Bertz CT molecular complexity index is 709. The van der Waals surface area contributed by atoms with E-state index in [1.807, 2.05) is 18.2 Å². The molecule has 4 rings (SSSR count). The van der Waals surface area contributed by atoms with Crippen LogP contribution in [0.4, 0.5) is 0 Å². The molecular weight excluding hydrogens is 356 g/mol. The molecule has 5 unspecified atom stereocenters. The Morgan fingerprint density at radius 3 is 2.69 bits per heavy atom. The molecule has 4 N–H and O–H groups in total. The van der Waals surface area contributed by atoms with Crippen LogP contribution in [0.3, 0.4) is 0 Å². The fourth-order valence-electron chi connectivity index (χ4n) is 4.72. The zero-order chi connectivity index (χ0) is 18.5. The van der Waals surface area contributed by atoms with Crippen LogP contribution in [0.5, 0.6) is 5.75 Å². The first-order chi connectivity index (χ1) is 12.4. The molecule has 3 fully saturated rings. The minimum Gasteiger partial charge on any atom is -0.496 e. The summed E-state index contributed by atoms with van der Waals surface area (Å²) in [7, 11) is 1.62. The molecule has 2 aliphatic carbocycles. The molecule has 5 atom stereocenters. The number of carboxylic acids is 1. The van der Waals surface area contributed by atoms with E-state index in [-0.39, 0.29) is 23.3 Å². The highest BCUT2D eigenvalue weighted by atomic mass is 35.5. The molecule has 0 amide bonds. The van der Waals surface area contributed by atoms with Gasteiger partial charge in [0.2, 0.25) is 0 Å². The van der Waals surface area contributed by atoms with Crippen molar-refractivity contribution >= 4 is 17.6 Å². The summed E-state index contributed by atoms with van der Waals surface area (Å²) in [5.74, 6) is -0.0977. The maximum Gasteiger partial charge on any atom is 0.322 e. The molecule has 1 aromatic rings. The van der Waals surface area contributed by atoms with Gasteiger partial charge in [0.25, 0.3) is 0 Å². The molecule has 3 aliphatic rings. The molecule has 0 spiro atoms. The Balaban J connectivity index is 1.61. The number of carboxylic acid groups (broad SMARTS) is 1. The van der Waals surface area contributed by atoms with Gasteiger partial charge in [0.05, 0.1) is 12.7 Å². The van der Waals surface area contributed by atoms with Crippen molar-refractivity contribution in [3.8, 4) is 5.75 Å². The fourth-order valence-corrected chi connectivity index (χ4v) is 5.16. The standard InChI is InChI=1S/C19H25ClN2O4/c1-26-16-7-10(3-4-13(16)19(25)5-2-6-19)11-8-12-15(9-14(11)20)21-22-17(12)18(23)24/h3-4,7,11-12,14-15,17,21-22,25H,2,5-6,8-9H2,1H3,(H,23,24). The van der Waals surface area contributed by atoms with Crippen molar-refractivity contribution in [2.75, 3.05) is 7.11 Å². The molecule has 1 aromatic carbocycles. The van der Waals surface area contributed by atoms with Crippen molar-refractivity contribution in [3.05, 3.63) is 29.3 Å². The van der Waals surface area contributed by atoms with Gasteiger partial charge in [-0.1, -0.05) is 12.1 Å². The lowest BCUT2D eigenvalue weighted by Gasteiger charge is -2.39. The molecule has 142 valence electrons. The van der Waals surface area contributed by atoms with E-state index in [0.29, 0.717) is 18.6 Å². The van der Waals surface area contributed by atoms with Crippen LogP contribution in [0.15, 0.2) is 18.2 Å². The number of aliphatic carboxylic acids is 1. The molecular formula is C19H25ClN2O4. The number of benzene rings is 1. The van der Waals surface area contributed by atoms with E-state index >= 15 is 0 Å². The minimum atomic E-state index is -0.836. The topological polar surface area (TPSA) is 90.8 Å². The Morgan fingerprint density at radius 2 is 2.08 bits per heavy atom. The summed E-state index contributed by atoms with van der Waals surface area (Å²) in [6.07, 6.45) is 3.94. The van der Waals surface area contributed by atoms with Crippen LogP contribution >= 0.6 is 11.6 Å². The highest BCUT2D eigenvalue weighted by Crippen LogP contribution is 2.47. The summed E-state index contributed by atoms with van der Waals surface area (Å²) in [5.41, 5.74) is 7.08. The predicted molar refractivity (Wildman–Crippen MR) is 97.3 cm³/mol. The van der Waals surface area contributed by atoms with Gasteiger partial charge >= 0.3 is 5.97 Å². The van der Waals surface area contributed by atoms with Gasteiger partial charge in [-0.05, 0) is 43.7 Å². The monoisotopic (exact) mass is 380 g/mol. The van der Waals surface area contributed by atoms with E-state index < -0.39 is 17.6 Å². The number of hydrogen-bond donors (Lipinski definition) is 4. The maximum atomic E-state index is 11.5. The van der Waals surface area contributed by atoms with Crippen molar-refractivity contribution in [1.29, 1.82) is 0 Å². The van der Waals surface area contributed by atoms with Crippen molar-refractivity contribution in [2.24, 2.45) is 5.92 Å². The molecule has 6 nitrogen and oxygen atoms in total. The molecule has 1 saturated heterocycles. The van der Waals surface area contributed by atoms with Gasteiger partial charge in [-0.25, -0.2) is 5.43 Å². The van der Waals surface area contributed by atoms with Gasteiger partial charge in [0, 0.05) is 28.8 Å². The van der Waals surface area contributed by atoms with Gasteiger partial charge in [-0.3, -0.25) is 10.2 Å². The average Bonchev–Trinajstić information content (AvgIpc) is 3.01. The smallest absolute Gasteiger partial charge is 0.322 e. The van der Waals surface area contributed by atoms with Crippen LogP contribution in [0, 0.1) is 5.92 Å². The number of alkyl halides is 1. The second-order valence-electron chi connectivity index (χ2n) is 7.81. The third kappa shape index (κ3) is 2.89. The first-order valence-corrected chi connectivity index (χ1v) is 9.65. The number of methoxy groups -OCH3 is 1. The van der Waals surface area contributed by atoms with E-state index in [9.17, 15) is 15.0 Å². The lowest BCUT2D eigenvalue weighted by Crippen LogP contribution is -2.41. The van der Waals surface area contributed by atoms with Gasteiger partial charge in [-0.2, -0.15) is 0 Å². The number of halogens is 1. The Hall–Kier alpha value is -1.34. The summed E-state index contributed by atoms with van der Waals surface area (Å²) >= 11 is 6.67. The number of ether oxygens (including phenoxy) is 1. The van der Waals surface area contributed by atoms with E-state index in [0.717, 1.165) is 30.4 Å². The van der Waals surface area contributed by atoms with Crippen LogP contribution in [0.2, 0.25) is 0 Å². The highest BCUT2D eigenvalue weighted by Gasteiger charge is 2.47. The molecule has 0 aromatic heterocycles. The summed E-state index contributed by atoms with van der Waals surface area (Å²) in [4.78, 5) is 11.5. The van der Waals surface area contributed by atoms with Gasteiger partial charge in [-0.15, -0.1) is 11.6 Å². The Morgan fingerprint density at radius 1 is 1.31 bits per heavy atom. The molecule has 0 radical (unpaired) electrons. The third-order valence-corrected chi connectivity index (χ3v) is 6.90. The SMILES string of the molecule is COc1cc(C2CC3C(CC2Cl)NNC3C(=O)O)ccc1C1(O)CCC1. The zero-order valence-electron chi connectivity index (χ0n) is 14.7. The number of rotatable bonds is 4. The van der Waals surface area contributed by atoms with Gasteiger partial charge in [0.15, 0.2) is 0 Å². The van der Waals surface area contributed by atoms with Gasteiger partial charge in [0.1, 0.15) is 11.8 Å². The first kappa shape index (κ1) is 18.0. The third-order valence-electron chi connectivity index (χ3n) is 6.41. The van der Waals surface area contributed by atoms with Gasteiger partial charge < -0.3 is 14.9 Å². The molecule has 7 heteroatoms. The zero-order valence-corrected chi connectivity index (χ0v) is 15.5. The average molecular weight is 381 g/mol. The van der Waals surface area contributed by atoms with Crippen LogP contribution in [0.1, 0.15) is 49.1 Å². The van der Waals surface area contributed by atoms with Crippen molar-refractivity contribution in [3.63, 3.8) is 0 Å². The molecule has 26 heavy (non-hydrogen) atoms. The predicted octanol–water partition coefficient (Wildman–Crippen LogP) is 2.10. The van der Waals surface area contributed by atoms with Crippen molar-refractivity contribution in [2.45, 2.75) is 61.1 Å². The number of hydrazine groups is 1. The fraction of sp³-hybridized carbons (Fsp3) is 0.632. The first-order valence-electron chi connectivity index (χ1n) is 9.21. The lowest BCUT2D eigenvalue weighted by molar-refractivity contribution is -0.140. The van der Waals surface area contributed by atoms with Crippen LogP contribution in [-0.4, -0.2) is 40.8 Å². The largest absolute Gasteiger partial charge is 0.496 e. The molecule has 0 bridgehead atoms. The summed E-state index contributed by atoms with van der Waals surface area (Å²) in [5, 5.41) is 20.0. The van der Waals surface area contributed by atoms with Crippen LogP contribution < -0.4 is 15.6 Å². The summed E-state index contributed by atoms with van der Waals surface area (Å²) < 4.78 is 5.56. The Kier molecular flexibility index (Phi) is 4.63. The van der Waals surface area contributed by atoms with Crippen LogP contribution in [0.25, 0.3) is 0 Å². The van der Waals surface area contributed by atoms with Crippen LogP contribution in [-0.2, 0) is 10.4 Å². The number of carbonyl (C=O) groups is 1. The molecule has 1 aliphatic heterocycles. The highest BCUT2D eigenvalue weighted by molar-refractivity contribution is 6.21. The molecule has 2 saturated carbocycles. The second-order valence-corrected chi connectivity index (χ2v) is 8.37. The van der Waals surface area contributed by atoms with E-state index in [2.05, 4.69) is 10.9 Å². The second kappa shape index (κ2) is 6.68.